The Morgan fingerprint density at radius 2 is 2.00 bits per heavy atom. The Morgan fingerprint density at radius 3 is 2.56 bits per heavy atom. The molecule has 0 radical (unpaired) electrons. The number of aromatic amines is 1. The summed E-state index contributed by atoms with van der Waals surface area (Å²) in [5.74, 6) is 0.233. The Bertz CT molecular complexity index is 661. The number of aromatic nitrogens is 4. The van der Waals surface area contributed by atoms with E-state index in [2.05, 4.69) is 9.97 Å². The first kappa shape index (κ1) is 10.5. The molecule has 3 N–H and O–H groups in total. The first-order valence-electron chi connectivity index (χ1n) is 4.90. The highest BCUT2D eigenvalue weighted by Gasteiger charge is 2.16. The fourth-order valence-electron chi connectivity index (χ4n) is 1.74. The predicted molar refractivity (Wildman–Crippen MR) is 60.4 cm³/mol. The quantitative estimate of drug-likeness (QED) is 0.686. The van der Waals surface area contributed by atoms with Crippen molar-refractivity contribution in [2.24, 2.45) is 7.05 Å². The number of fused-ring (bicyclic) bond motifs is 1. The molecule has 0 aliphatic carbocycles. The monoisotopic (exact) mass is 223 g/mol. The third-order valence-electron chi connectivity index (χ3n) is 2.49. The lowest BCUT2D eigenvalue weighted by Gasteiger charge is -2.09. The van der Waals surface area contributed by atoms with E-state index in [1.165, 1.54) is 11.6 Å². The molecule has 86 valence electrons. The summed E-state index contributed by atoms with van der Waals surface area (Å²) in [6, 6.07) is 0.00334. The molecular weight excluding hydrogens is 210 g/mol. The number of rotatable bonds is 1. The molecule has 2 aromatic heterocycles. The Labute approximate surface area is 90.5 Å². The number of nitrogens with two attached hydrogens (primary N) is 1. The molecule has 0 amide bonds. The van der Waals surface area contributed by atoms with E-state index in [-0.39, 0.29) is 12.0 Å². The maximum absolute atomic E-state index is 11.7. The van der Waals surface area contributed by atoms with Crippen molar-refractivity contribution in [1.82, 2.24) is 19.1 Å². The number of aryl methyl sites for hydroxylation is 1. The van der Waals surface area contributed by atoms with Gasteiger partial charge in [0.05, 0.1) is 0 Å². The van der Waals surface area contributed by atoms with E-state index in [9.17, 15) is 9.59 Å². The van der Waals surface area contributed by atoms with Crippen LogP contribution in [0.25, 0.3) is 11.2 Å². The molecule has 0 aromatic carbocycles. The van der Waals surface area contributed by atoms with Crippen LogP contribution in [-0.2, 0) is 7.05 Å². The zero-order chi connectivity index (χ0) is 12.0. The zero-order valence-electron chi connectivity index (χ0n) is 9.31. The lowest BCUT2D eigenvalue weighted by Crippen LogP contribution is -2.29. The summed E-state index contributed by atoms with van der Waals surface area (Å²) < 4.78 is 2.87. The van der Waals surface area contributed by atoms with Crippen LogP contribution >= 0.6 is 0 Å². The van der Waals surface area contributed by atoms with Gasteiger partial charge in [-0.05, 0) is 13.8 Å². The lowest BCUT2D eigenvalue weighted by atomic mass is 10.4. The number of nitrogen functional groups attached to an aromatic ring is 1. The van der Waals surface area contributed by atoms with Gasteiger partial charge in [0, 0.05) is 13.1 Å². The number of H-pyrrole nitrogens is 1. The Balaban J connectivity index is 3.07. The van der Waals surface area contributed by atoms with Gasteiger partial charge >= 0.3 is 5.69 Å². The van der Waals surface area contributed by atoms with Crippen LogP contribution in [0.4, 0.5) is 5.95 Å². The molecule has 2 heterocycles. The van der Waals surface area contributed by atoms with Gasteiger partial charge in [0.15, 0.2) is 11.2 Å². The van der Waals surface area contributed by atoms with Gasteiger partial charge in [0.1, 0.15) is 0 Å². The van der Waals surface area contributed by atoms with Gasteiger partial charge in [-0.3, -0.25) is 14.3 Å². The molecule has 0 spiro atoms. The van der Waals surface area contributed by atoms with Gasteiger partial charge in [0.25, 0.3) is 5.56 Å². The third kappa shape index (κ3) is 1.24. The van der Waals surface area contributed by atoms with E-state index in [1.807, 2.05) is 13.8 Å². The summed E-state index contributed by atoms with van der Waals surface area (Å²) in [6.07, 6.45) is 0. The number of nitrogens with one attached hydrogen (secondary N) is 1. The average molecular weight is 223 g/mol. The van der Waals surface area contributed by atoms with Crippen molar-refractivity contribution in [3.8, 4) is 0 Å². The first-order chi connectivity index (χ1) is 7.43. The maximum Gasteiger partial charge on any atom is 0.329 e. The van der Waals surface area contributed by atoms with Crippen LogP contribution in [0.5, 0.6) is 0 Å². The van der Waals surface area contributed by atoms with E-state index in [1.54, 1.807) is 4.57 Å². The number of imidazole rings is 1. The summed E-state index contributed by atoms with van der Waals surface area (Å²) >= 11 is 0. The van der Waals surface area contributed by atoms with Crippen LogP contribution in [0.15, 0.2) is 9.59 Å². The highest BCUT2D eigenvalue weighted by atomic mass is 16.2. The van der Waals surface area contributed by atoms with Crippen LogP contribution in [0.2, 0.25) is 0 Å². The topological polar surface area (TPSA) is 98.7 Å². The van der Waals surface area contributed by atoms with Crippen LogP contribution < -0.4 is 17.0 Å². The fourth-order valence-corrected chi connectivity index (χ4v) is 1.74. The highest BCUT2D eigenvalue weighted by molar-refractivity contribution is 5.73. The first-order valence-corrected chi connectivity index (χ1v) is 4.90. The molecule has 0 atom stereocenters. The van der Waals surface area contributed by atoms with Crippen molar-refractivity contribution in [2.75, 3.05) is 5.73 Å². The van der Waals surface area contributed by atoms with Gasteiger partial charge in [0.2, 0.25) is 5.95 Å². The van der Waals surface area contributed by atoms with Gasteiger partial charge in [-0.1, -0.05) is 0 Å². The minimum Gasteiger partial charge on any atom is -0.369 e. The van der Waals surface area contributed by atoms with Crippen LogP contribution in [0, 0.1) is 0 Å². The molecule has 0 unspecified atom stereocenters. The van der Waals surface area contributed by atoms with Gasteiger partial charge in [-0.15, -0.1) is 0 Å². The fraction of sp³-hybridized carbons (Fsp3) is 0.444. The highest BCUT2D eigenvalue weighted by Crippen LogP contribution is 2.17. The number of anilines is 1. The van der Waals surface area contributed by atoms with Crippen molar-refractivity contribution in [3.05, 3.63) is 20.8 Å². The molecule has 0 bridgehead atoms. The minimum absolute atomic E-state index is 0.00334. The van der Waals surface area contributed by atoms with E-state index in [0.717, 1.165) is 0 Å². The molecule has 0 saturated carbocycles. The zero-order valence-corrected chi connectivity index (χ0v) is 9.31. The Hall–Kier alpha value is -2.05. The molecule has 0 aliphatic rings. The normalized spacial score (nSPS) is 11.5. The van der Waals surface area contributed by atoms with E-state index >= 15 is 0 Å². The Kier molecular flexibility index (Phi) is 2.11. The van der Waals surface area contributed by atoms with Gasteiger partial charge < -0.3 is 10.3 Å². The average Bonchev–Trinajstić information content (AvgIpc) is 2.52. The molecule has 7 heteroatoms. The molecule has 7 nitrogen and oxygen atoms in total. The van der Waals surface area contributed by atoms with Crippen LogP contribution in [0.3, 0.4) is 0 Å². The van der Waals surface area contributed by atoms with E-state index in [0.29, 0.717) is 11.2 Å². The number of nitrogens with zero attached hydrogens (tertiary/aromatic N) is 3. The summed E-state index contributed by atoms with van der Waals surface area (Å²) in [5, 5.41) is 0. The summed E-state index contributed by atoms with van der Waals surface area (Å²) in [7, 11) is 1.54. The van der Waals surface area contributed by atoms with Gasteiger partial charge in [-0.2, -0.15) is 4.98 Å². The second-order valence-electron chi connectivity index (χ2n) is 3.92. The predicted octanol–water partition coefficient (Wildman–Crippen LogP) is -0.414. The summed E-state index contributed by atoms with van der Waals surface area (Å²) in [6.45, 7) is 3.78. The third-order valence-corrected chi connectivity index (χ3v) is 2.49. The second kappa shape index (κ2) is 3.22. The number of hydrogen-bond donors (Lipinski definition) is 2. The molecule has 16 heavy (non-hydrogen) atoms. The molecular formula is C9H13N5O2. The minimum atomic E-state index is -0.495. The number of hydrogen-bond acceptors (Lipinski definition) is 4. The molecule has 2 aromatic rings. The summed E-state index contributed by atoms with van der Waals surface area (Å²) in [4.78, 5) is 29.3. The van der Waals surface area contributed by atoms with Crippen molar-refractivity contribution in [1.29, 1.82) is 0 Å². The molecule has 0 saturated heterocycles. The SMILES string of the molecule is CC(C)n1c(N)nc2c1c(=O)[nH]c(=O)n2C. The lowest BCUT2D eigenvalue weighted by molar-refractivity contribution is 0.624. The van der Waals surface area contributed by atoms with Gasteiger partial charge in [-0.25, -0.2) is 4.79 Å². The van der Waals surface area contributed by atoms with Crippen molar-refractivity contribution >= 4 is 17.1 Å². The van der Waals surface area contributed by atoms with Crippen molar-refractivity contribution in [3.63, 3.8) is 0 Å². The largest absolute Gasteiger partial charge is 0.369 e. The van der Waals surface area contributed by atoms with Crippen LogP contribution in [0.1, 0.15) is 19.9 Å². The molecule has 2 rings (SSSR count). The second-order valence-corrected chi connectivity index (χ2v) is 3.92. The van der Waals surface area contributed by atoms with Crippen LogP contribution in [-0.4, -0.2) is 19.1 Å². The van der Waals surface area contributed by atoms with E-state index in [4.69, 9.17) is 5.73 Å². The summed E-state index contributed by atoms with van der Waals surface area (Å²) in [5.41, 5.74) is 5.40. The Morgan fingerprint density at radius 1 is 1.38 bits per heavy atom. The molecule has 0 fully saturated rings. The standard InChI is InChI=1S/C9H13N5O2/c1-4(2)14-5-6(11-8(14)10)13(3)9(16)12-7(5)15/h4H,1-3H3,(H2,10,11)(H,12,15,16). The van der Waals surface area contributed by atoms with Crippen molar-refractivity contribution < 1.29 is 0 Å². The van der Waals surface area contributed by atoms with Crippen molar-refractivity contribution in [2.45, 2.75) is 19.9 Å². The maximum atomic E-state index is 11.7. The van der Waals surface area contributed by atoms with E-state index < -0.39 is 11.2 Å². The smallest absolute Gasteiger partial charge is 0.329 e. The molecule has 0 aliphatic heterocycles.